The molecule has 0 saturated heterocycles. The average Bonchev–Trinajstić information content (AvgIpc) is 3.26. The van der Waals surface area contributed by atoms with Gasteiger partial charge in [-0.1, -0.05) is 15.9 Å². The van der Waals surface area contributed by atoms with Crippen LogP contribution in [0, 0.1) is 10.1 Å². The number of fused-ring (bicyclic) bond motifs is 1. The minimum atomic E-state index is -2.04. The van der Waals surface area contributed by atoms with Crippen molar-refractivity contribution < 1.29 is 18.7 Å². The van der Waals surface area contributed by atoms with Crippen molar-refractivity contribution in [1.29, 1.82) is 0 Å². The van der Waals surface area contributed by atoms with Crippen molar-refractivity contribution in [1.82, 2.24) is 14.7 Å². The van der Waals surface area contributed by atoms with Gasteiger partial charge in [-0.2, -0.15) is 0 Å². The summed E-state index contributed by atoms with van der Waals surface area (Å²) in [4.78, 5) is 30.9. The van der Waals surface area contributed by atoms with Crippen molar-refractivity contribution >= 4 is 55.2 Å². The Kier molecular flexibility index (Phi) is 6.38. The van der Waals surface area contributed by atoms with Crippen LogP contribution in [-0.4, -0.2) is 32.1 Å². The number of nitro groups is 1. The number of nitrogens with one attached hydrogen (secondary N) is 3. The van der Waals surface area contributed by atoms with Crippen LogP contribution in [0.5, 0.6) is 11.5 Å². The monoisotopic (exact) mass is 529 g/mol. The summed E-state index contributed by atoms with van der Waals surface area (Å²) in [5.41, 5.74) is 0.840. The van der Waals surface area contributed by atoms with E-state index in [0.717, 1.165) is 11.5 Å². The number of nitrogens with zero attached hydrogens (tertiary/aromatic N) is 2. The van der Waals surface area contributed by atoms with E-state index in [0.29, 0.717) is 15.9 Å². The number of halogens is 1. The van der Waals surface area contributed by atoms with Crippen LogP contribution in [0.25, 0.3) is 11.0 Å². The molecule has 0 spiro atoms. The molecule has 1 atom stereocenters. The highest BCUT2D eigenvalue weighted by Crippen LogP contribution is 2.30. The van der Waals surface area contributed by atoms with Crippen molar-refractivity contribution in [2.45, 2.75) is 4.90 Å². The van der Waals surface area contributed by atoms with Gasteiger partial charge < -0.3 is 15.0 Å². The molecule has 3 N–H and O–H groups in total. The topological polar surface area (TPSA) is 139 Å². The van der Waals surface area contributed by atoms with Crippen molar-refractivity contribution in [2.75, 3.05) is 12.4 Å². The molecule has 4 rings (SSSR count). The number of benzene rings is 2. The van der Waals surface area contributed by atoms with Gasteiger partial charge in [0.1, 0.15) is 22.8 Å². The fourth-order valence-corrected chi connectivity index (χ4v) is 4.20. The van der Waals surface area contributed by atoms with Crippen LogP contribution >= 0.6 is 15.9 Å². The number of carbonyl (C=O) groups excluding carboxylic acids is 1. The van der Waals surface area contributed by atoms with E-state index in [9.17, 15) is 19.1 Å². The number of H-pyrrole nitrogens is 1. The summed E-state index contributed by atoms with van der Waals surface area (Å²) in [6.07, 6.45) is 3.27. The molecule has 168 valence electrons. The molecule has 10 nitrogen and oxygen atoms in total. The number of aromatic nitrogens is 2. The van der Waals surface area contributed by atoms with Crippen molar-refractivity contribution in [2.24, 2.45) is 0 Å². The lowest BCUT2D eigenvalue weighted by molar-refractivity contribution is -0.384. The van der Waals surface area contributed by atoms with Gasteiger partial charge in [-0.05, 0) is 42.5 Å². The van der Waals surface area contributed by atoms with Crippen molar-refractivity contribution in [3.63, 3.8) is 0 Å². The molecule has 0 fully saturated rings. The predicted octanol–water partition coefficient (Wildman–Crippen LogP) is 4.52. The first-order chi connectivity index (χ1) is 15.9. The van der Waals surface area contributed by atoms with Crippen molar-refractivity contribution in [3.05, 3.63) is 81.1 Å². The van der Waals surface area contributed by atoms with E-state index >= 15 is 0 Å². The zero-order valence-electron chi connectivity index (χ0n) is 17.0. The highest BCUT2D eigenvalue weighted by Gasteiger charge is 2.20. The molecule has 12 heteroatoms. The molecule has 4 aromatic rings. The molecule has 33 heavy (non-hydrogen) atoms. The molecule has 0 radical (unpaired) electrons. The van der Waals surface area contributed by atoms with Crippen molar-refractivity contribution in [3.8, 4) is 11.5 Å². The molecule has 0 bridgehead atoms. The normalized spacial score (nSPS) is 11.7. The molecule has 1 amide bonds. The number of rotatable bonds is 7. The summed E-state index contributed by atoms with van der Waals surface area (Å²) in [7, 11) is -0.499. The van der Waals surface area contributed by atoms with E-state index in [1.165, 1.54) is 24.4 Å². The minimum Gasteiger partial charge on any atom is -0.455 e. The maximum atomic E-state index is 12.9. The Balaban J connectivity index is 1.59. The standard InChI is InChI=1S/C21H16BrN5O5S/c1-23-17-5-3-15(10-18(17)27(29)30)33(31)26-21(28)16-4-2-13(22)9-19(16)32-14-8-12-6-7-24-20(12)25-11-14/h2-11,23H,1H3,(H,24,25)(H,26,28). The van der Waals surface area contributed by atoms with E-state index in [-0.39, 0.29) is 27.6 Å². The van der Waals surface area contributed by atoms with Crippen LogP contribution in [0.1, 0.15) is 10.4 Å². The molecule has 2 aromatic carbocycles. The van der Waals surface area contributed by atoms with Crippen LogP contribution < -0.4 is 14.8 Å². The number of aromatic amines is 1. The number of carbonyl (C=O) groups is 1. The van der Waals surface area contributed by atoms with Crippen LogP contribution in [0.2, 0.25) is 0 Å². The molecular weight excluding hydrogens is 514 g/mol. The largest absolute Gasteiger partial charge is 0.455 e. The first-order valence-electron chi connectivity index (χ1n) is 9.45. The second kappa shape index (κ2) is 9.38. The van der Waals surface area contributed by atoms with Gasteiger partial charge in [0.05, 0.1) is 21.6 Å². The Labute approximate surface area is 198 Å². The first kappa shape index (κ1) is 22.4. The Hall–Kier alpha value is -3.77. The fraction of sp³-hybridized carbons (Fsp3) is 0.0476. The lowest BCUT2D eigenvalue weighted by Gasteiger charge is -2.12. The number of pyridine rings is 1. The third-order valence-electron chi connectivity index (χ3n) is 4.63. The third-order valence-corrected chi connectivity index (χ3v) is 6.17. The van der Waals surface area contributed by atoms with E-state index in [1.807, 2.05) is 6.07 Å². The van der Waals surface area contributed by atoms with Gasteiger partial charge in [0.2, 0.25) is 0 Å². The lowest BCUT2D eigenvalue weighted by Crippen LogP contribution is -2.26. The first-order valence-corrected chi connectivity index (χ1v) is 11.4. The van der Waals surface area contributed by atoms with Crippen LogP contribution in [0.4, 0.5) is 11.4 Å². The number of nitro benzene ring substituents is 1. The SMILES string of the molecule is CNc1ccc(S(=O)NC(=O)c2ccc(Br)cc2Oc2cnc3[nH]ccc3c2)cc1[N+](=O)[O-]. The Morgan fingerprint density at radius 3 is 2.79 bits per heavy atom. The van der Waals surface area contributed by atoms with E-state index in [1.54, 1.807) is 31.4 Å². The molecule has 0 aliphatic rings. The molecule has 0 aliphatic carbocycles. The Morgan fingerprint density at radius 2 is 2.03 bits per heavy atom. The highest BCUT2D eigenvalue weighted by atomic mass is 79.9. The maximum Gasteiger partial charge on any atom is 0.293 e. The highest BCUT2D eigenvalue weighted by molar-refractivity contribution is 9.10. The maximum absolute atomic E-state index is 12.9. The predicted molar refractivity (Wildman–Crippen MR) is 127 cm³/mol. The summed E-state index contributed by atoms with van der Waals surface area (Å²) in [6, 6.07) is 12.4. The smallest absolute Gasteiger partial charge is 0.293 e. The molecule has 0 aliphatic heterocycles. The molecular formula is C21H16BrN5O5S. The van der Waals surface area contributed by atoms with Crippen LogP contribution in [0.15, 0.2) is 70.3 Å². The Morgan fingerprint density at radius 1 is 1.21 bits per heavy atom. The molecule has 2 heterocycles. The van der Waals surface area contributed by atoms with Gasteiger partial charge in [0.15, 0.2) is 11.0 Å². The van der Waals surface area contributed by atoms with E-state index in [2.05, 4.69) is 35.9 Å². The second-order valence-corrected chi connectivity index (χ2v) is 8.84. The van der Waals surface area contributed by atoms with Crippen LogP contribution in [0.3, 0.4) is 0 Å². The number of amides is 1. The minimum absolute atomic E-state index is 0.0794. The quantitative estimate of drug-likeness (QED) is 0.236. The zero-order valence-corrected chi connectivity index (χ0v) is 19.4. The third kappa shape index (κ3) is 4.86. The number of anilines is 1. The molecule has 0 saturated carbocycles. The van der Waals surface area contributed by atoms with Gasteiger partial charge in [-0.3, -0.25) is 19.6 Å². The number of hydrogen-bond acceptors (Lipinski definition) is 7. The summed E-state index contributed by atoms with van der Waals surface area (Å²) in [5.74, 6) is -0.0485. The van der Waals surface area contributed by atoms with Gasteiger partial charge in [0.25, 0.3) is 11.6 Å². The number of hydrogen-bond donors (Lipinski definition) is 3. The summed E-state index contributed by atoms with van der Waals surface area (Å²) >= 11 is 3.35. The average molecular weight is 530 g/mol. The second-order valence-electron chi connectivity index (χ2n) is 6.72. The van der Waals surface area contributed by atoms with Gasteiger partial charge in [-0.25, -0.2) is 9.19 Å². The summed E-state index contributed by atoms with van der Waals surface area (Å²) in [6.45, 7) is 0. The van der Waals surface area contributed by atoms with Gasteiger partial charge in [-0.15, -0.1) is 0 Å². The van der Waals surface area contributed by atoms with Gasteiger partial charge in [0, 0.05) is 29.2 Å². The van der Waals surface area contributed by atoms with E-state index < -0.39 is 21.8 Å². The Bertz CT molecular complexity index is 1410. The zero-order chi connectivity index (χ0) is 23.5. The van der Waals surface area contributed by atoms with Gasteiger partial charge >= 0.3 is 0 Å². The summed E-state index contributed by atoms with van der Waals surface area (Å²) in [5, 5.41) is 14.8. The van der Waals surface area contributed by atoms with E-state index in [4.69, 9.17) is 4.74 Å². The number of ether oxygens (including phenoxy) is 1. The van der Waals surface area contributed by atoms with Crippen LogP contribution in [-0.2, 0) is 11.0 Å². The lowest BCUT2D eigenvalue weighted by atomic mass is 10.2. The molecule has 1 unspecified atom stereocenters. The fourth-order valence-electron chi connectivity index (χ4n) is 3.06. The molecule has 2 aromatic heterocycles. The summed E-state index contributed by atoms with van der Waals surface area (Å²) < 4.78 is 21.7.